The summed E-state index contributed by atoms with van der Waals surface area (Å²) in [6.07, 6.45) is 1.87. The number of alkyl halides is 2. The molecule has 2 fully saturated rings. The number of nitrogens with one attached hydrogen (secondary N) is 1. The van der Waals surface area contributed by atoms with E-state index in [1.807, 2.05) is 30.3 Å². The molecule has 168 valence electrons. The number of carbonyl (C=O) groups excluding carboxylic acids is 2. The number of amides is 1. The van der Waals surface area contributed by atoms with Gasteiger partial charge in [0.05, 0.1) is 19.1 Å². The highest BCUT2D eigenvalue weighted by Gasteiger charge is 2.57. The number of ether oxygens (including phenoxy) is 1. The number of fused-ring (bicyclic) bond motifs is 1. The van der Waals surface area contributed by atoms with E-state index in [1.165, 1.54) is 0 Å². The molecule has 32 heavy (non-hydrogen) atoms. The molecule has 2 saturated carbocycles. The second-order valence-corrected chi connectivity index (χ2v) is 9.17. The maximum absolute atomic E-state index is 13.0. The number of hydrogen-bond acceptors (Lipinski definition) is 4. The zero-order chi connectivity index (χ0) is 22.3. The molecular formula is C25H26F2N2O3. The maximum atomic E-state index is 13.0. The molecule has 2 aliphatic carbocycles. The fraction of sp³-hybridized carbons (Fsp3) is 0.440. The number of hydrogen-bond donors (Lipinski definition) is 1. The van der Waals surface area contributed by atoms with Crippen molar-refractivity contribution >= 4 is 11.7 Å². The Morgan fingerprint density at radius 2 is 1.81 bits per heavy atom. The molecule has 1 amide bonds. The summed E-state index contributed by atoms with van der Waals surface area (Å²) >= 11 is 0. The van der Waals surface area contributed by atoms with E-state index >= 15 is 0 Å². The lowest BCUT2D eigenvalue weighted by molar-refractivity contribution is -0.122. The van der Waals surface area contributed by atoms with E-state index < -0.39 is 11.8 Å². The van der Waals surface area contributed by atoms with Crippen LogP contribution in [0.15, 0.2) is 42.5 Å². The van der Waals surface area contributed by atoms with E-state index in [1.54, 1.807) is 12.1 Å². The third-order valence-electron chi connectivity index (χ3n) is 6.39. The fourth-order valence-corrected chi connectivity index (χ4v) is 4.09. The third-order valence-corrected chi connectivity index (χ3v) is 6.39. The van der Waals surface area contributed by atoms with Gasteiger partial charge >= 0.3 is 0 Å². The molecule has 2 aromatic rings. The first-order valence-electron chi connectivity index (χ1n) is 11.1. The number of ketones is 1. The van der Waals surface area contributed by atoms with Crippen LogP contribution in [0.4, 0.5) is 8.78 Å². The minimum Gasteiger partial charge on any atom is -0.493 e. The Hall–Kier alpha value is -2.80. The average molecular weight is 440 g/mol. The summed E-state index contributed by atoms with van der Waals surface area (Å²) < 4.78 is 31.5. The second kappa shape index (κ2) is 8.28. The number of carbonyl (C=O) groups is 2. The minimum absolute atomic E-state index is 0.00728. The van der Waals surface area contributed by atoms with Crippen molar-refractivity contribution in [2.45, 2.75) is 44.8 Å². The number of halogens is 2. The summed E-state index contributed by atoms with van der Waals surface area (Å²) in [5.41, 5.74) is 3.69. The molecule has 0 saturated heterocycles. The van der Waals surface area contributed by atoms with Crippen LogP contribution in [0.5, 0.6) is 5.75 Å². The Balaban J connectivity index is 1.15. The van der Waals surface area contributed by atoms with E-state index in [0.29, 0.717) is 37.5 Å². The highest BCUT2D eigenvalue weighted by atomic mass is 19.3. The van der Waals surface area contributed by atoms with Crippen molar-refractivity contribution < 1.29 is 23.1 Å². The van der Waals surface area contributed by atoms with Gasteiger partial charge in [-0.05, 0) is 41.7 Å². The Kier molecular flexibility index (Phi) is 5.45. The zero-order valence-corrected chi connectivity index (χ0v) is 17.8. The van der Waals surface area contributed by atoms with Crippen LogP contribution in [-0.4, -0.2) is 35.7 Å². The maximum Gasteiger partial charge on any atom is 0.255 e. The van der Waals surface area contributed by atoms with Gasteiger partial charge in [-0.1, -0.05) is 30.3 Å². The lowest BCUT2D eigenvalue weighted by atomic mass is 9.97. The Morgan fingerprint density at radius 3 is 2.50 bits per heavy atom. The molecule has 5 rings (SSSR count). The molecular weight excluding hydrogens is 414 g/mol. The van der Waals surface area contributed by atoms with Gasteiger partial charge in [0.1, 0.15) is 5.75 Å². The van der Waals surface area contributed by atoms with Crippen LogP contribution < -0.4 is 10.1 Å². The Labute approximate surface area is 185 Å². The third kappa shape index (κ3) is 4.83. The topological polar surface area (TPSA) is 58.6 Å². The molecule has 1 atom stereocenters. The van der Waals surface area contributed by atoms with Crippen molar-refractivity contribution in [3.05, 3.63) is 64.7 Å². The van der Waals surface area contributed by atoms with Crippen LogP contribution in [0.2, 0.25) is 0 Å². The monoisotopic (exact) mass is 440 g/mol. The first-order chi connectivity index (χ1) is 15.4. The van der Waals surface area contributed by atoms with Gasteiger partial charge < -0.3 is 10.1 Å². The lowest BCUT2D eigenvalue weighted by Gasteiger charge is -2.28. The van der Waals surface area contributed by atoms with E-state index in [0.717, 1.165) is 29.5 Å². The molecule has 3 aliphatic rings. The van der Waals surface area contributed by atoms with Crippen LogP contribution in [-0.2, 0) is 24.4 Å². The standard InChI is InChI=1S/C25H26F2N2O3/c26-25(27)10-20(25)15-32-21-8-7-19-13-29(14-23(30)22(19)9-21)12-17-3-1-16(2-4-17)11-28-24(31)18-5-6-18/h1-4,7-9,18,20H,5-6,10-15H2,(H,28,31). The van der Waals surface area contributed by atoms with Crippen molar-refractivity contribution in [1.29, 1.82) is 0 Å². The summed E-state index contributed by atoms with van der Waals surface area (Å²) in [6.45, 7) is 2.10. The van der Waals surface area contributed by atoms with Gasteiger partial charge in [-0.25, -0.2) is 8.78 Å². The van der Waals surface area contributed by atoms with Crippen LogP contribution in [0, 0.1) is 11.8 Å². The van der Waals surface area contributed by atoms with Gasteiger partial charge in [0, 0.05) is 37.5 Å². The minimum atomic E-state index is -2.60. The van der Waals surface area contributed by atoms with Crippen molar-refractivity contribution in [2.75, 3.05) is 13.2 Å². The first kappa shape index (κ1) is 21.1. The predicted molar refractivity (Wildman–Crippen MR) is 114 cm³/mol. The summed E-state index contributed by atoms with van der Waals surface area (Å²) in [5.74, 6) is -2.50. The van der Waals surface area contributed by atoms with Crippen molar-refractivity contribution in [3.8, 4) is 5.75 Å². The number of Topliss-reactive ketones (excluding diaryl/α,β-unsaturated/α-hetero) is 1. The molecule has 0 bridgehead atoms. The smallest absolute Gasteiger partial charge is 0.255 e. The summed E-state index contributed by atoms with van der Waals surface area (Å²) in [7, 11) is 0. The molecule has 5 nitrogen and oxygen atoms in total. The number of nitrogens with zero attached hydrogens (tertiary/aromatic N) is 1. The molecule has 0 spiro atoms. The van der Waals surface area contributed by atoms with Gasteiger partial charge in [0.15, 0.2) is 5.78 Å². The average Bonchev–Trinajstić information content (AvgIpc) is 3.69. The van der Waals surface area contributed by atoms with Crippen molar-refractivity contribution in [2.24, 2.45) is 11.8 Å². The summed E-state index contributed by atoms with van der Waals surface area (Å²) in [4.78, 5) is 26.5. The van der Waals surface area contributed by atoms with Crippen LogP contribution in [0.25, 0.3) is 0 Å². The molecule has 2 aromatic carbocycles. The van der Waals surface area contributed by atoms with Gasteiger partial charge in [-0.3, -0.25) is 14.5 Å². The molecule has 7 heteroatoms. The largest absolute Gasteiger partial charge is 0.493 e. The Bertz CT molecular complexity index is 1030. The highest BCUT2D eigenvalue weighted by Crippen LogP contribution is 2.48. The van der Waals surface area contributed by atoms with Crippen LogP contribution in [0.1, 0.15) is 46.3 Å². The molecule has 1 heterocycles. The molecule has 0 aromatic heterocycles. The molecule has 1 N–H and O–H groups in total. The van der Waals surface area contributed by atoms with Gasteiger partial charge in [0.2, 0.25) is 5.91 Å². The molecule has 0 radical (unpaired) electrons. The quantitative estimate of drug-likeness (QED) is 0.676. The van der Waals surface area contributed by atoms with Gasteiger partial charge in [-0.15, -0.1) is 0 Å². The van der Waals surface area contributed by atoms with Crippen LogP contribution >= 0.6 is 0 Å². The van der Waals surface area contributed by atoms with Gasteiger partial charge in [0.25, 0.3) is 5.92 Å². The predicted octanol–water partition coefficient (Wildman–Crippen LogP) is 3.95. The molecule has 1 aliphatic heterocycles. The van der Waals surface area contributed by atoms with Crippen molar-refractivity contribution in [1.82, 2.24) is 10.2 Å². The Morgan fingerprint density at radius 1 is 1.09 bits per heavy atom. The van der Waals surface area contributed by atoms with Crippen LogP contribution in [0.3, 0.4) is 0 Å². The van der Waals surface area contributed by atoms with Crippen molar-refractivity contribution in [3.63, 3.8) is 0 Å². The highest BCUT2D eigenvalue weighted by molar-refractivity contribution is 6.00. The number of benzene rings is 2. The van der Waals surface area contributed by atoms with E-state index in [4.69, 9.17) is 4.74 Å². The number of rotatable bonds is 8. The summed E-state index contributed by atoms with van der Waals surface area (Å²) in [5, 5.41) is 2.96. The van der Waals surface area contributed by atoms with Gasteiger partial charge in [-0.2, -0.15) is 0 Å². The SMILES string of the molecule is O=C1CN(Cc2ccc(CNC(=O)C3CC3)cc2)Cc2ccc(OCC3CC3(F)F)cc21. The normalized spacial score (nSPS) is 21.7. The fourth-order valence-electron chi connectivity index (χ4n) is 4.09. The lowest BCUT2D eigenvalue weighted by Crippen LogP contribution is -2.34. The molecule has 1 unspecified atom stereocenters. The first-order valence-corrected chi connectivity index (χ1v) is 11.1. The zero-order valence-electron chi connectivity index (χ0n) is 17.8. The van der Waals surface area contributed by atoms with E-state index in [-0.39, 0.29) is 30.6 Å². The van der Waals surface area contributed by atoms with E-state index in [2.05, 4.69) is 10.2 Å². The second-order valence-electron chi connectivity index (χ2n) is 9.17. The van der Waals surface area contributed by atoms with E-state index in [9.17, 15) is 18.4 Å². The summed E-state index contributed by atoms with van der Waals surface area (Å²) in [6, 6.07) is 13.4.